The average molecular weight is 452 g/mol. The third kappa shape index (κ3) is 3.75. The number of benzene rings is 1. The summed E-state index contributed by atoms with van der Waals surface area (Å²) in [5.41, 5.74) is 3.98. The van der Waals surface area contributed by atoms with Crippen molar-refractivity contribution in [3.8, 4) is 0 Å². The number of aromatic nitrogens is 2. The first-order chi connectivity index (χ1) is 15.9. The summed E-state index contributed by atoms with van der Waals surface area (Å²) in [7, 11) is 3.58. The SMILES string of the molecule is COCCN1C(=O)N(C2Cc3ccccc3C2)C(=O)C12CCN(Cc1cn(C)nc1C)CC2. The molecule has 8 nitrogen and oxygen atoms in total. The van der Waals surface area contributed by atoms with Crippen molar-refractivity contribution in [2.75, 3.05) is 33.4 Å². The van der Waals surface area contributed by atoms with E-state index in [1.54, 1.807) is 12.0 Å². The number of aryl methyl sites for hydroxylation is 2. The summed E-state index contributed by atoms with van der Waals surface area (Å²) in [6.07, 6.45) is 4.85. The number of likely N-dealkylation sites (tertiary alicyclic amines) is 1. The molecule has 0 bridgehead atoms. The Morgan fingerprint density at radius 3 is 2.36 bits per heavy atom. The number of hydrogen-bond acceptors (Lipinski definition) is 5. The van der Waals surface area contributed by atoms with Crippen LogP contribution in [-0.4, -0.2) is 81.4 Å². The van der Waals surface area contributed by atoms with E-state index < -0.39 is 5.54 Å². The van der Waals surface area contributed by atoms with Gasteiger partial charge >= 0.3 is 6.03 Å². The maximum Gasteiger partial charge on any atom is 0.328 e. The predicted molar refractivity (Wildman–Crippen MR) is 124 cm³/mol. The van der Waals surface area contributed by atoms with Crippen LogP contribution in [0.3, 0.4) is 0 Å². The van der Waals surface area contributed by atoms with Gasteiger partial charge in [0.2, 0.25) is 0 Å². The zero-order valence-electron chi connectivity index (χ0n) is 19.8. The molecule has 3 heterocycles. The smallest absolute Gasteiger partial charge is 0.328 e. The zero-order chi connectivity index (χ0) is 23.2. The summed E-state index contributed by atoms with van der Waals surface area (Å²) in [5, 5.41) is 4.45. The van der Waals surface area contributed by atoms with E-state index in [0.717, 1.165) is 38.2 Å². The molecular formula is C25H33N5O3. The minimum absolute atomic E-state index is 0.0152. The molecule has 2 aliphatic heterocycles. The van der Waals surface area contributed by atoms with Crippen LogP contribution in [0.15, 0.2) is 30.5 Å². The summed E-state index contributed by atoms with van der Waals surface area (Å²) in [4.78, 5) is 33.3. The van der Waals surface area contributed by atoms with Gasteiger partial charge in [0, 0.05) is 58.1 Å². The number of carbonyl (C=O) groups excluding carboxylic acids is 2. The first-order valence-corrected chi connectivity index (χ1v) is 11.9. The van der Waals surface area contributed by atoms with Crippen molar-refractivity contribution in [1.29, 1.82) is 0 Å². The Kier molecular flexibility index (Phi) is 5.74. The van der Waals surface area contributed by atoms with Crippen molar-refractivity contribution in [1.82, 2.24) is 24.5 Å². The number of hydrogen-bond donors (Lipinski definition) is 0. The van der Waals surface area contributed by atoms with Crippen LogP contribution < -0.4 is 0 Å². The second-order valence-corrected chi connectivity index (χ2v) is 9.65. The van der Waals surface area contributed by atoms with Crippen LogP contribution in [0.4, 0.5) is 4.79 Å². The highest BCUT2D eigenvalue weighted by Gasteiger charge is 2.59. The Morgan fingerprint density at radius 1 is 1.12 bits per heavy atom. The summed E-state index contributed by atoms with van der Waals surface area (Å²) < 4.78 is 7.15. The van der Waals surface area contributed by atoms with Crippen molar-refractivity contribution >= 4 is 11.9 Å². The number of imide groups is 1. The van der Waals surface area contributed by atoms with Gasteiger partial charge in [-0.15, -0.1) is 0 Å². The van der Waals surface area contributed by atoms with Gasteiger partial charge in [-0.25, -0.2) is 4.79 Å². The zero-order valence-corrected chi connectivity index (χ0v) is 19.8. The lowest BCUT2D eigenvalue weighted by Crippen LogP contribution is -2.57. The van der Waals surface area contributed by atoms with E-state index in [4.69, 9.17) is 4.74 Å². The Morgan fingerprint density at radius 2 is 1.79 bits per heavy atom. The van der Waals surface area contributed by atoms with Gasteiger partial charge in [-0.1, -0.05) is 24.3 Å². The molecule has 5 rings (SSSR count). The van der Waals surface area contributed by atoms with Crippen molar-refractivity contribution in [3.63, 3.8) is 0 Å². The van der Waals surface area contributed by atoms with Crippen LogP contribution in [-0.2, 0) is 36.0 Å². The van der Waals surface area contributed by atoms with Gasteiger partial charge < -0.3 is 9.64 Å². The quantitative estimate of drug-likeness (QED) is 0.630. The highest BCUT2D eigenvalue weighted by Crippen LogP contribution is 2.40. The number of nitrogens with zero attached hydrogens (tertiary/aromatic N) is 5. The number of urea groups is 1. The Hall–Kier alpha value is -2.71. The van der Waals surface area contributed by atoms with Gasteiger partial charge in [0.25, 0.3) is 5.91 Å². The molecule has 0 radical (unpaired) electrons. The van der Waals surface area contributed by atoms with Crippen LogP contribution >= 0.6 is 0 Å². The van der Waals surface area contributed by atoms with Gasteiger partial charge in [-0.3, -0.25) is 19.3 Å². The van der Waals surface area contributed by atoms with Crippen molar-refractivity contribution in [2.24, 2.45) is 7.05 Å². The molecule has 0 N–H and O–H groups in total. The van der Waals surface area contributed by atoms with Crippen molar-refractivity contribution < 1.29 is 14.3 Å². The molecule has 1 aromatic heterocycles. The first-order valence-electron chi connectivity index (χ1n) is 11.9. The van der Waals surface area contributed by atoms with Gasteiger partial charge in [0.15, 0.2) is 0 Å². The third-order valence-corrected chi connectivity index (χ3v) is 7.68. The van der Waals surface area contributed by atoms with Gasteiger partial charge in [0.05, 0.1) is 12.3 Å². The molecule has 1 spiro atoms. The molecular weight excluding hydrogens is 418 g/mol. The fourth-order valence-electron chi connectivity index (χ4n) is 5.88. The number of ether oxygens (including phenoxy) is 1. The Balaban J connectivity index is 1.35. The molecule has 2 fully saturated rings. The van der Waals surface area contributed by atoms with E-state index in [-0.39, 0.29) is 18.0 Å². The first kappa shape index (κ1) is 22.1. The van der Waals surface area contributed by atoms with Crippen molar-refractivity contribution in [2.45, 2.75) is 50.7 Å². The maximum absolute atomic E-state index is 13.9. The van der Waals surface area contributed by atoms with Crippen LogP contribution in [0.1, 0.15) is 35.2 Å². The number of fused-ring (bicyclic) bond motifs is 1. The van der Waals surface area contributed by atoms with Crippen LogP contribution in [0, 0.1) is 6.92 Å². The topological polar surface area (TPSA) is 70.9 Å². The van der Waals surface area contributed by atoms with E-state index in [1.165, 1.54) is 16.7 Å². The standard InChI is InChI=1S/C25H33N5O3/c1-18-21(16-27(2)26-18)17-28-10-8-25(9-11-28)23(31)30(24(32)29(25)12-13-33-3)22-14-19-6-4-5-7-20(19)15-22/h4-7,16,22H,8-15,17H2,1-3H3. The van der Waals surface area contributed by atoms with Gasteiger partial charge in [-0.05, 0) is 43.7 Å². The van der Waals surface area contributed by atoms with Crippen LogP contribution in [0.2, 0.25) is 0 Å². The molecule has 1 aliphatic carbocycles. The average Bonchev–Trinajstić information content (AvgIpc) is 3.42. The van der Waals surface area contributed by atoms with E-state index in [9.17, 15) is 9.59 Å². The fraction of sp³-hybridized carbons (Fsp3) is 0.560. The van der Waals surface area contributed by atoms with Gasteiger partial charge in [-0.2, -0.15) is 5.10 Å². The monoisotopic (exact) mass is 451 g/mol. The number of piperidine rings is 1. The van der Waals surface area contributed by atoms with Gasteiger partial charge in [0.1, 0.15) is 5.54 Å². The lowest BCUT2D eigenvalue weighted by atomic mass is 9.85. The van der Waals surface area contributed by atoms with E-state index in [0.29, 0.717) is 26.0 Å². The molecule has 0 atom stereocenters. The molecule has 8 heteroatoms. The van der Waals surface area contributed by atoms with E-state index in [1.807, 2.05) is 35.7 Å². The van der Waals surface area contributed by atoms with E-state index >= 15 is 0 Å². The minimum Gasteiger partial charge on any atom is -0.383 e. The molecule has 176 valence electrons. The largest absolute Gasteiger partial charge is 0.383 e. The number of carbonyl (C=O) groups is 2. The lowest BCUT2D eigenvalue weighted by Gasteiger charge is -2.42. The minimum atomic E-state index is -0.759. The van der Waals surface area contributed by atoms with Crippen LogP contribution in [0.5, 0.6) is 0 Å². The maximum atomic E-state index is 13.9. The molecule has 3 aliphatic rings. The van der Waals surface area contributed by atoms with Crippen LogP contribution in [0.25, 0.3) is 0 Å². The lowest BCUT2D eigenvalue weighted by molar-refractivity contribution is -0.137. The Labute approximate surface area is 195 Å². The predicted octanol–water partition coefficient (Wildman–Crippen LogP) is 2.14. The number of amides is 3. The highest BCUT2D eigenvalue weighted by atomic mass is 16.5. The summed E-state index contributed by atoms with van der Waals surface area (Å²) >= 11 is 0. The fourth-order valence-corrected chi connectivity index (χ4v) is 5.88. The van der Waals surface area contributed by atoms with E-state index in [2.05, 4.69) is 28.3 Å². The summed E-state index contributed by atoms with van der Waals surface area (Å²) in [5.74, 6) is -0.0152. The summed E-state index contributed by atoms with van der Waals surface area (Å²) in [6, 6.07) is 8.03. The second-order valence-electron chi connectivity index (χ2n) is 9.65. The molecule has 2 saturated heterocycles. The number of rotatable bonds is 6. The molecule has 2 aromatic rings. The highest BCUT2D eigenvalue weighted by molar-refractivity contribution is 6.07. The molecule has 33 heavy (non-hydrogen) atoms. The third-order valence-electron chi connectivity index (χ3n) is 7.68. The van der Waals surface area contributed by atoms with Crippen molar-refractivity contribution in [3.05, 3.63) is 52.8 Å². The molecule has 0 unspecified atom stereocenters. The normalized spacial score (nSPS) is 20.9. The molecule has 1 aromatic carbocycles. The molecule has 0 saturated carbocycles. The molecule has 3 amide bonds. The summed E-state index contributed by atoms with van der Waals surface area (Å²) in [6.45, 7) is 5.27. The second kappa shape index (κ2) is 8.57. The Bertz CT molecular complexity index is 1030. The number of methoxy groups -OCH3 is 1.